The van der Waals surface area contributed by atoms with Crippen molar-refractivity contribution >= 4 is 5.96 Å². The lowest BCUT2D eigenvalue weighted by atomic mass is 10.7. The second-order valence-corrected chi connectivity index (χ2v) is 1.91. The molecule has 0 atom stereocenters. The fourth-order valence-corrected chi connectivity index (χ4v) is 0.588. The lowest BCUT2D eigenvalue weighted by Gasteiger charge is -2.10. The van der Waals surface area contributed by atoms with Crippen molar-refractivity contribution in [3.8, 4) is 0 Å². The van der Waals surface area contributed by atoms with Crippen molar-refractivity contribution in [1.29, 1.82) is 0 Å². The van der Waals surface area contributed by atoms with Gasteiger partial charge in [-0.3, -0.25) is 0 Å². The first-order chi connectivity index (χ1) is 3.80. The molecule has 3 nitrogen and oxygen atoms in total. The highest BCUT2D eigenvalue weighted by Gasteiger charge is 2.04. The minimum atomic E-state index is 0.869. The van der Waals surface area contributed by atoms with E-state index >= 15 is 0 Å². The van der Waals surface area contributed by atoms with Gasteiger partial charge in [0.2, 0.25) is 0 Å². The summed E-state index contributed by atoms with van der Waals surface area (Å²) in [7, 11) is 3.93. The van der Waals surface area contributed by atoms with Gasteiger partial charge < -0.3 is 10.2 Å². The Hall–Kier alpha value is -0.730. The zero-order chi connectivity index (χ0) is 5.98. The van der Waals surface area contributed by atoms with E-state index in [0.29, 0.717) is 0 Å². The molecule has 0 aromatic heterocycles. The number of guanidine groups is 1. The second kappa shape index (κ2) is 2.03. The highest BCUT2D eigenvalue weighted by atomic mass is 15.3. The molecule has 0 spiro atoms. The van der Waals surface area contributed by atoms with Crippen molar-refractivity contribution < 1.29 is 0 Å². The van der Waals surface area contributed by atoms with Crippen molar-refractivity contribution in [3.63, 3.8) is 0 Å². The molecule has 0 unspecified atom stereocenters. The Kier molecular flexibility index (Phi) is 1.37. The van der Waals surface area contributed by atoms with Crippen molar-refractivity contribution in [1.82, 2.24) is 10.2 Å². The quantitative estimate of drug-likeness (QED) is 0.464. The van der Waals surface area contributed by atoms with E-state index < -0.39 is 0 Å². The Morgan fingerprint density at radius 3 is 2.75 bits per heavy atom. The minimum absolute atomic E-state index is 0.869. The Bertz CT molecular complexity index is 106. The summed E-state index contributed by atoms with van der Waals surface area (Å²) in [5.74, 6) is 0.949. The molecule has 1 rings (SSSR count). The molecule has 0 amide bonds. The highest BCUT2D eigenvalue weighted by Crippen LogP contribution is 1.90. The lowest BCUT2D eigenvalue weighted by Crippen LogP contribution is -2.32. The van der Waals surface area contributed by atoms with Crippen LogP contribution in [0.15, 0.2) is 4.99 Å². The summed E-state index contributed by atoms with van der Waals surface area (Å²) < 4.78 is 0. The molecule has 0 fully saturated rings. The van der Waals surface area contributed by atoms with Crippen LogP contribution in [0.25, 0.3) is 0 Å². The van der Waals surface area contributed by atoms with E-state index in [0.717, 1.165) is 12.5 Å². The largest absolute Gasteiger partial charge is 0.354 e. The van der Waals surface area contributed by atoms with E-state index in [1.165, 1.54) is 0 Å². The predicted octanol–water partition coefficient (Wildman–Crippen LogP) is -0.331. The molecular formula is C5H10N3. The molecule has 1 aliphatic rings. The van der Waals surface area contributed by atoms with E-state index in [1.807, 2.05) is 25.5 Å². The summed E-state index contributed by atoms with van der Waals surface area (Å²) in [4.78, 5) is 5.99. The average Bonchev–Trinajstić information content (AvgIpc) is 2.12. The first-order valence-electron chi connectivity index (χ1n) is 2.61. The van der Waals surface area contributed by atoms with E-state index in [4.69, 9.17) is 0 Å². The predicted molar refractivity (Wildman–Crippen MR) is 33.4 cm³/mol. The molecule has 0 aliphatic carbocycles. The van der Waals surface area contributed by atoms with Crippen LogP contribution < -0.4 is 5.32 Å². The molecule has 0 aromatic rings. The smallest absolute Gasteiger partial charge is 0.193 e. The normalized spacial score (nSPS) is 17.5. The van der Waals surface area contributed by atoms with Gasteiger partial charge in [-0.1, -0.05) is 0 Å². The number of rotatable bonds is 0. The van der Waals surface area contributed by atoms with E-state index in [1.54, 1.807) is 0 Å². The third-order valence-corrected chi connectivity index (χ3v) is 0.989. The van der Waals surface area contributed by atoms with Crippen molar-refractivity contribution in [2.45, 2.75) is 0 Å². The third-order valence-electron chi connectivity index (χ3n) is 0.989. The summed E-state index contributed by atoms with van der Waals surface area (Å²) >= 11 is 0. The van der Waals surface area contributed by atoms with Crippen LogP contribution in [-0.2, 0) is 0 Å². The number of hydrogen-bond acceptors (Lipinski definition) is 3. The fourth-order valence-electron chi connectivity index (χ4n) is 0.588. The van der Waals surface area contributed by atoms with Crippen LogP contribution in [0, 0.1) is 6.54 Å². The Morgan fingerprint density at radius 2 is 2.50 bits per heavy atom. The van der Waals surface area contributed by atoms with Crippen LogP contribution in [0.2, 0.25) is 0 Å². The molecule has 0 saturated heterocycles. The van der Waals surface area contributed by atoms with Crippen LogP contribution in [-0.4, -0.2) is 31.5 Å². The van der Waals surface area contributed by atoms with Crippen LogP contribution in [0.4, 0.5) is 0 Å². The standard InChI is InChI=1S/C5H10N3/c1-8(2)5-6-3-4-7-5/h3H,4H2,1-2H3,(H,6,7). The van der Waals surface area contributed by atoms with E-state index in [9.17, 15) is 0 Å². The topological polar surface area (TPSA) is 27.6 Å². The zero-order valence-electron chi connectivity index (χ0n) is 5.18. The molecular weight excluding hydrogens is 102 g/mol. The van der Waals surface area contributed by atoms with Gasteiger partial charge in [0.25, 0.3) is 0 Å². The summed E-state index contributed by atoms with van der Waals surface area (Å²) in [6, 6.07) is 0. The van der Waals surface area contributed by atoms with Gasteiger partial charge in [-0.2, -0.15) is 0 Å². The Morgan fingerprint density at radius 1 is 1.75 bits per heavy atom. The zero-order valence-corrected chi connectivity index (χ0v) is 5.18. The van der Waals surface area contributed by atoms with E-state index in [2.05, 4.69) is 10.3 Å². The van der Waals surface area contributed by atoms with Gasteiger partial charge in [-0.25, -0.2) is 4.99 Å². The molecule has 1 heterocycles. The summed E-state index contributed by atoms with van der Waals surface area (Å²) in [6.45, 7) is 2.73. The summed E-state index contributed by atoms with van der Waals surface area (Å²) in [5, 5.41) is 3.08. The number of hydrogen-bond donors (Lipinski definition) is 1. The molecule has 1 radical (unpaired) electrons. The van der Waals surface area contributed by atoms with Gasteiger partial charge in [-0.15, -0.1) is 0 Å². The Labute approximate surface area is 49.4 Å². The van der Waals surface area contributed by atoms with Crippen LogP contribution >= 0.6 is 0 Å². The summed E-state index contributed by atoms with van der Waals surface area (Å²) in [5.41, 5.74) is 0. The highest BCUT2D eigenvalue weighted by molar-refractivity contribution is 5.81. The van der Waals surface area contributed by atoms with E-state index in [-0.39, 0.29) is 0 Å². The van der Waals surface area contributed by atoms with Gasteiger partial charge in [0.1, 0.15) is 0 Å². The average molecular weight is 112 g/mol. The minimum Gasteiger partial charge on any atom is -0.354 e. The van der Waals surface area contributed by atoms with Gasteiger partial charge in [0.05, 0.1) is 6.54 Å². The maximum atomic E-state index is 4.04. The monoisotopic (exact) mass is 112 g/mol. The number of nitrogens with one attached hydrogen (secondary N) is 1. The van der Waals surface area contributed by atoms with Crippen LogP contribution in [0.3, 0.4) is 0 Å². The first kappa shape index (κ1) is 5.41. The van der Waals surface area contributed by atoms with Crippen molar-refractivity contribution in [3.05, 3.63) is 6.54 Å². The molecule has 1 aliphatic heterocycles. The van der Waals surface area contributed by atoms with Crippen molar-refractivity contribution in [2.24, 2.45) is 4.99 Å². The first-order valence-corrected chi connectivity index (χ1v) is 2.61. The molecule has 0 aromatic carbocycles. The Balaban J connectivity index is 2.45. The molecule has 0 bridgehead atoms. The second-order valence-electron chi connectivity index (χ2n) is 1.91. The maximum absolute atomic E-state index is 4.04. The van der Waals surface area contributed by atoms with Crippen LogP contribution in [0.1, 0.15) is 0 Å². The summed E-state index contributed by atoms with van der Waals surface area (Å²) in [6.07, 6.45) is 0. The SMILES string of the molecule is CN(C)C1=N[CH]CN1. The van der Waals surface area contributed by atoms with Gasteiger partial charge in [0, 0.05) is 20.6 Å². The molecule has 3 heteroatoms. The molecule has 45 valence electrons. The molecule has 1 N–H and O–H groups in total. The van der Waals surface area contributed by atoms with Crippen LogP contribution in [0.5, 0.6) is 0 Å². The number of aliphatic imine (C=N–C) groups is 1. The van der Waals surface area contributed by atoms with Gasteiger partial charge >= 0.3 is 0 Å². The lowest BCUT2D eigenvalue weighted by molar-refractivity contribution is 0.601. The van der Waals surface area contributed by atoms with Gasteiger partial charge in [0.15, 0.2) is 5.96 Å². The molecule has 0 saturated carbocycles. The maximum Gasteiger partial charge on any atom is 0.193 e. The number of nitrogens with zero attached hydrogens (tertiary/aromatic N) is 2. The third kappa shape index (κ3) is 0.911. The van der Waals surface area contributed by atoms with Crippen molar-refractivity contribution in [2.75, 3.05) is 20.6 Å². The molecule has 8 heavy (non-hydrogen) atoms. The fraction of sp³-hybridized carbons (Fsp3) is 0.600. The van der Waals surface area contributed by atoms with Gasteiger partial charge in [-0.05, 0) is 0 Å².